The van der Waals surface area contributed by atoms with Gasteiger partial charge in [0.2, 0.25) is 0 Å². The SMILES string of the molecule is CCCCCN(CCCNC(=O)c1cc2c3c(ccc2[nH]1)N(C(=O)c1cc2c4c(ccc2[nH]1)N(C(=O)c1cc2c5c(ccc2[nH]1)N(C)CC5)CC4)CC3)c1ccc(N)cc1.Nc1ccc([N+](=O)[O-])cc1Cl.O=CCCCCO. The lowest BCUT2D eigenvalue weighted by Crippen LogP contribution is -2.30. The highest BCUT2D eigenvalue weighted by Gasteiger charge is 2.32. The Balaban J connectivity index is 0.000000351. The van der Waals surface area contributed by atoms with E-state index in [0.29, 0.717) is 61.7 Å². The molecule has 3 aromatic heterocycles. The summed E-state index contributed by atoms with van der Waals surface area (Å²) in [6.45, 7) is 6.87. The number of nitrogens with zero attached hydrogens (tertiary/aromatic N) is 5. The van der Waals surface area contributed by atoms with Gasteiger partial charge in [-0.3, -0.25) is 24.5 Å². The van der Waals surface area contributed by atoms with Gasteiger partial charge in [-0.1, -0.05) is 31.4 Å². The van der Waals surface area contributed by atoms with E-state index in [-0.39, 0.29) is 35.0 Å². The molecule has 0 spiro atoms. The standard InChI is InChI=1S/C48H51N9O3.C6H5ClN2O2.C5H10O2/c1-3-4-5-21-55(30-9-7-29(49)8-10-30)22-6-20-50-46(58)40-26-34-32-18-24-56(44(32)15-12-37(34)51-40)48(60)42-28-36-33-19-25-57(45(33)16-13-39(36)53-42)47(59)41-27-35-31-17-23-54(2)43(31)14-11-38(35)52-41;7-5-3-4(9(10)11)1-2-6(5)8;6-4-2-1-3-5-7/h7-16,26-28,51-53H,3-6,17-25,49H2,1-2H3,(H,50,58);1-3H,8H2;4,7H,1-3,5H2. The number of benzene rings is 5. The molecule has 0 bridgehead atoms. The minimum absolute atomic E-state index is 0.0449. The lowest BCUT2D eigenvalue weighted by atomic mass is 10.1. The van der Waals surface area contributed by atoms with E-state index in [9.17, 15) is 29.3 Å². The molecule has 0 unspecified atom stereocenters. The second-order valence-corrected chi connectivity index (χ2v) is 20.4. The van der Waals surface area contributed by atoms with E-state index < -0.39 is 4.92 Å². The van der Waals surface area contributed by atoms with Gasteiger partial charge in [0.15, 0.2) is 0 Å². The smallest absolute Gasteiger partial charge is 0.274 e. The molecule has 0 saturated carbocycles. The number of nitrogens with two attached hydrogens (primary N) is 2. The maximum Gasteiger partial charge on any atom is 0.274 e. The number of aldehydes is 1. The summed E-state index contributed by atoms with van der Waals surface area (Å²) in [5, 5.41) is 24.7. The quantitative estimate of drug-likeness (QED) is 0.0148. The van der Waals surface area contributed by atoms with Crippen LogP contribution in [0.25, 0.3) is 32.7 Å². The molecule has 3 amide bonds. The lowest BCUT2D eigenvalue weighted by molar-refractivity contribution is -0.384. The number of non-ortho nitro benzene ring substituents is 1. The van der Waals surface area contributed by atoms with E-state index in [0.717, 1.165) is 131 Å². The molecular formula is C59H66ClN11O7. The summed E-state index contributed by atoms with van der Waals surface area (Å²) in [5.41, 5.74) is 24.2. The maximum atomic E-state index is 14.2. The number of rotatable bonds is 17. The van der Waals surface area contributed by atoms with Gasteiger partial charge in [0.1, 0.15) is 23.4 Å². The van der Waals surface area contributed by atoms with Gasteiger partial charge in [0.05, 0.1) is 15.6 Å². The van der Waals surface area contributed by atoms with Crippen molar-refractivity contribution in [2.75, 3.05) is 84.0 Å². The summed E-state index contributed by atoms with van der Waals surface area (Å²) < 4.78 is 0. The molecule has 11 rings (SSSR count). The number of carbonyl (C=O) groups is 4. The van der Waals surface area contributed by atoms with Crippen LogP contribution < -0.4 is 36.4 Å². The average Bonchev–Trinajstić information content (AvgIpc) is 4.52. The Labute approximate surface area is 456 Å². The molecule has 9 N–H and O–H groups in total. The van der Waals surface area contributed by atoms with Gasteiger partial charge in [-0.2, -0.15) is 0 Å². The van der Waals surface area contributed by atoms with Crippen LogP contribution in [0.1, 0.15) is 100 Å². The summed E-state index contributed by atoms with van der Waals surface area (Å²) >= 11 is 5.53. The zero-order chi connectivity index (χ0) is 55.0. The molecule has 0 saturated heterocycles. The second-order valence-electron chi connectivity index (χ2n) is 20.0. The number of hydrogen-bond acceptors (Lipinski definition) is 11. The van der Waals surface area contributed by atoms with Crippen molar-refractivity contribution in [3.63, 3.8) is 0 Å². The van der Waals surface area contributed by atoms with E-state index >= 15 is 0 Å². The van der Waals surface area contributed by atoms with Crippen LogP contribution in [0.15, 0.2) is 97.1 Å². The van der Waals surface area contributed by atoms with Gasteiger partial charge in [0, 0.05) is 133 Å². The highest BCUT2D eigenvalue weighted by molar-refractivity contribution is 6.33. The largest absolute Gasteiger partial charge is 0.399 e. The van der Waals surface area contributed by atoms with Crippen LogP contribution in [0.3, 0.4) is 0 Å². The number of nitro groups is 1. The van der Waals surface area contributed by atoms with Crippen LogP contribution in [-0.2, 0) is 24.1 Å². The van der Waals surface area contributed by atoms with Crippen molar-refractivity contribution in [2.45, 2.75) is 71.1 Å². The Morgan fingerprint density at radius 3 is 1.79 bits per heavy atom. The van der Waals surface area contributed by atoms with Gasteiger partial charge in [-0.05, 0) is 147 Å². The van der Waals surface area contributed by atoms with Gasteiger partial charge in [0.25, 0.3) is 23.4 Å². The van der Waals surface area contributed by atoms with Gasteiger partial charge in [-0.15, -0.1) is 0 Å². The fourth-order valence-electron chi connectivity index (χ4n) is 10.7. The number of nitrogen functional groups attached to an aromatic ring is 2. The fraction of sp³-hybridized carbons (Fsp3) is 0.322. The summed E-state index contributed by atoms with van der Waals surface area (Å²) in [7, 11) is 2.11. The molecule has 3 aliphatic rings. The number of nitro benzene ring substituents is 1. The highest BCUT2D eigenvalue weighted by Crippen LogP contribution is 2.40. The number of likely N-dealkylation sites (N-methyl/N-ethyl adjacent to an activating group) is 1. The van der Waals surface area contributed by atoms with Crippen molar-refractivity contribution in [2.24, 2.45) is 0 Å². The number of unbranched alkanes of at least 4 members (excludes halogenated alkanes) is 4. The summed E-state index contributed by atoms with van der Waals surface area (Å²) in [4.78, 5) is 79.2. The van der Waals surface area contributed by atoms with Crippen LogP contribution in [-0.4, -0.2) is 102 Å². The lowest BCUT2D eigenvalue weighted by Gasteiger charge is -2.25. The van der Waals surface area contributed by atoms with E-state index in [1.165, 1.54) is 35.9 Å². The number of halogens is 1. The Bertz CT molecular complexity index is 3510. The first-order valence-electron chi connectivity index (χ1n) is 26.7. The number of hydrogen-bond donors (Lipinski definition) is 7. The maximum absolute atomic E-state index is 14.2. The van der Waals surface area contributed by atoms with Crippen molar-refractivity contribution in [3.05, 3.63) is 146 Å². The number of anilines is 6. The predicted octanol–water partition coefficient (Wildman–Crippen LogP) is 10.1. The first kappa shape index (κ1) is 54.4. The molecule has 78 heavy (non-hydrogen) atoms. The molecule has 19 heteroatoms. The van der Waals surface area contributed by atoms with Crippen molar-refractivity contribution in [3.8, 4) is 0 Å². The third kappa shape index (κ3) is 11.6. The number of aliphatic hydroxyl groups is 1. The predicted molar refractivity (Wildman–Crippen MR) is 312 cm³/mol. The Hall–Kier alpha value is -8.35. The molecule has 3 aliphatic heterocycles. The van der Waals surface area contributed by atoms with Gasteiger partial charge < -0.3 is 61.2 Å². The number of fused-ring (bicyclic) bond motifs is 9. The number of aromatic amines is 3. The highest BCUT2D eigenvalue weighted by atomic mass is 35.5. The molecule has 0 atom stereocenters. The zero-order valence-electron chi connectivity index (χ0n) is 44.0. The normalized spacial score (nSPS) is 13.2. The van der Waals surface area contributed by atoms with Crippen LogP contribution in [0.2, 0.25) is 5.02 Å². The van der Waals surface area contributed by atoms with Gasteiger partial charge >= 0.3 is 0 Å². The minimum atomic E-state index is -0.522. The van der Waals surface area contributed by atoms with E-state index in [1.807, 2.05) is 64.4 Å². The molecule has 5 aromatic carbocycles. The Morgan fingerprint density at radius 2 is 1.24 bits per heavy atom. The minimum Gasteiger partial charge on any atom is -0.399 e. The number of nitrogens with one attached hydrogen (secondary N) is 4. The average molecular weight is 1080 g/mol. The third-order valence-electron chi connectivity index (χ3n) is 14.8. The van der Waals surface area contributed by atoms with Crippen LogP contribution in [0.5, 0.6) is 0 Å². The summed E-state index contributed by atoms with van der Waals surface area (Å²) in [6.07, 6.45) is 9.67. The second kappa shape index (κ2) is 24.3. The molecular weight excluding hydrogens is 1010 g/mol. The first-order valence-corrected chi connectivity index (χ1v) is 27.1. The third-order valence-corrected chi connectivity index (χ3v) is 15.2. The molecule has 0 fully saturated rings. The van der Waals surface area contributed by atoms with E-state index in [4.69, 9.17) is 28.2 Å². The number of amides is 3. The molecule has 406 valence electrons. The van der Waals surface area contributed by atoms with Crippen LogP contribution in [0.4, 0.5) is 39.8 Å². The number of carbonyl (C=O) groups excluding carboxylic acids is 4. The van der Waals surface area contributed by atoms with Crippen LogP contribution >= 0.6 is 11.6 Å². The fourth-order valence-corrected chi connectivity index (χ4v) is 10.9. The number of H-pyrrole nitrogens is 3. The zero-order valence-corrected chi connectivity index (χ0v) is 44.8. The Morgan fingerprint density at radius 1 is 0.705 bits per heavy atom. The summed E-state index contributed by atoms with van der Waals surface area (Å²) in [6, 6.07) is 29.9. The summed E-state index contributed by atoms with van der Waals surface area (Å²) in [5.74, 6) is -0.285. The van der Waals surface area contributed by atoms with Crippen molar-refractivity contribution in [1.29, 1.82) is 0 Å². The Kier molecular flexibility index (Phi) is 17.0. The van der Waals surface area contributed by atoms with E-state index in [1.54, 1.807) is 0 Å². The molecule has 8 aromatic rings. The molecule has 0 radical (unpaired) electrons. The topological polar surface area (TPSA) is 256 Å². The molecule has 6 heterocycles. The first-order chi connectivity index (χ1) is 37.8. The van der Waals surface area contributed by atoms with Crippen molar-refractivity contribution >= 4 is 108 Å². The molecule has 0 aliphatic carbocycles. The van der Waals surface area contributed by atoms with Crippen molar-refractivity contribution in [1.82, 2.24) is 20.3 Å². The van der Waals surface area contributed by atoms with Crippen molar-refractivity contribution < 1.29 is 29.2 Å². The van der Waals surface area contributed by atoms with E-state index in [2.05, 4.69) is 68.3 Å². The molecule has 18 nitrogen and oxygen atoms in total. The van der Waals surface area contributed by atoms with Crippen LogP contribution in [0, 0.1) is 10.1 Å². The van der Waals surface area contributed by atoms with Gasteiger partial charge in [-0.25, -0.2) is 0 Å². The number of aliphatic hydroxyl groups excluding tert-OH is 1. The number of aromatic nitrogens is 3. The monoisotopic (exact) mass is 1080 g/mol.